The van der Waals surface area contributed by atoms with Gasteiger partial charge in [-0.05, 0) is 100 Å². The van der Waals surface area contributed by atoms with E-state index in [1.807, 2.05) is 49.4 Å². The zero-order valence-electron chi connectivity index (χ0n) is 34.8. The summed E-state index contributed by atoms with van der Waals surface area (Å²) in [6.45, 7) is 10.4. The molecule has 0 aliphatic heterocycles. The topological polar surface area (TPSA) is 12.4 Å². The normalized spacial score (nSPS) is 14.7. The molecular formula is C59H51N. The molecular weight excluding hydrogens is 723 g/mol. The Bertz CT molecular complexity index is 2690. The third-order valence-electron chi connectivity index (χ3n) is 10.9. The van der Waals surface area contributed by atoms with E-state index in [2.05, 4.69) is 208 Å². The molecule has 0 bridgehead atoms. The van der Waals surface area contributed by atoms with Gasteiger partial charge in [-0.2, -0.15) is 0 Å². The summed E-state index contributed by atoms with van der Waals surface area (Å²) in [6, 6.07) is 57.9. The molecule has 0 fully saturated rings. The second-order valence-electron chi connectivity index (χ2n) is 14.9. The van der Waals surface area contributed by atoms with Gasteiger partial charge in [0, 0.05) is 17.2 Å². The smallest absolute Gasteiger partial charge is 0.112 e. The molecule has 1 aliphatic carbocycles. The van der Waals surface area contributed by atoms with Crippen molar-refractivity contribution in [2.75, 3.05) is 0 Å². The van der Waals surface area contributed by atoms with E-state index in [0.717, 1.165) is 34.5 Å². The lowest BCUT2D eigenvalue weighted by Gasteiger charge is -2.20. The lowest BCUT2D eigenvalue weighted by atomic mass is 9.85. The van der Waals surface area contributed by atoms with Gasteiger partial charge in [0.05, 0.1) is 0 Å². The summed E-state index contributed by atoms with van der Waals surface area (Å²) < 4.78 is 0. The lowest BCUT2D eigenvalue weighted by Crippen LogP contribution is -2.07. The maximum atomic E-state index is 5.26. The van der Waals surface area contributed by atoms with E-state index in [9.17, 15) is 0 Å². The number of hydrogen-bond acceptors (Lipinski definition) is 1. The Morgan fingerprint density at radius 2 is 1.22 bits per heavy atom. The fraction of sp³-hybridized carbons (Fsp3) is 0.0847. The molecule has 1 heteroatoms. The van der Waals surface area contributed by atoms with Crippen molar-refractivity contribution in [1.29, 1.82) is 0 Å². The summed E-state index contributed by atoms with van der Waals surface area (Å²) in [7, 11) is 0. The van der Waals surface area contributed by atoms with Gasteiger partial charge in [0.15, 0.2) is 0 Å². The molecule has 0 N–H and O–H groups in total. The minimum atomic E-state index is 0.210. The van der Waals surface area contributed by atoms with Gasteiger partial charge in [-0.25, -0.2) is 4.99 Å². The lowest BCUT2D eigenvalue weighted by molar-refractivity contribution is 0.834. The third-order valence-corrected chi connectivity index (χ3v) is 10.9. The Kier molecular flexibility index (Phi) is 13.9. The number of rotatable bonds is 13. The second-order valence-corrected chi connectivity index (χ2v) is 14.9. The van der Waals surface area contributed by atoms with E-state index in [-0.39, 0.29) is 5.92 Å². The monoisotopic (exact) mass is 773 g/mol. The molecule has 6 aromatic rings. The van der Waals surface area contributed by atoms with Gasteiger partial charge in [-0.15, -0.1) is 0 Å². The summed E-state index contributed by atoms with van der Waals surface area (Å²) >= 11 is 0. The van der Waals surface area contributed by atoms with E-state index in [4.69, 9.17) is 4.99 Å². The largest absolute Gasteiger partial charge is 0.244 e. The van der Waals surface area contributed by atoms with Crippen molar-refractivity contribution >= 4 is 28.1 Å². The molecule has 0 aromatic heterocycles. The quantitative estimate of drug-likeness (QED) is 0.0480. The van der Waals surface area contributed by atoms with E-state index in [1.165, 1.54) is 55.7 Å². The molecule has 1 aliphatic rings. The molecule has 6 aromatic carbocycles. The average Bonchev–Trinajstić information content (AvgIpc) is 3.32. The molecule has 1 unspecified atom stereocenters. The van der Waals surface area contributed by atoms with Crippen LogP contribution in [0, 0.1) is 0 Å². The highest BCUT2D eigenvalue weighted by Gasteiger charge is 2.17. The SMILES string of the molecule is C=C/C=C(/C=C=C(N=C(C)C1=CC=CC(c2cccc(C(/C=C\C=C/C)=C(/C)c3ccc(-c4ccccc4)cc3)c2)C1)c1ccccc1)c1ccc(-c2ccccc2)cc1. The minimum Gasteiger partial charge on any atom is -0.244 e. The van der Waals surface area contributed by atoms with Crippen LogP contribution in [-0.4, -0.2) is 5.71 Å². The van der Waals surface area contributed by atoms with Crippen molar-refractivity contribution in [1.82, 2.24) is 0 Å². The Morgan fingerprint density at radius 1 is 0.633 bits per heavy atom. The van der Waals surface area contributed by atoms with Crippen molar-refractivity contribution in [3.8, 4) is 22.3 Å². The standard InChI is InChI=1S/C59H51N/c1-5-7-11-31-58(44(3)46-32-34-51(35-33-46)48-21-12-8-13-22-48)57-30-19-29-56(43-57)55-28-18-27-54(42-55)45(4)60-59(53-25-16-10-17-26-53)41-40-47(20-6-2)50-36-38-52(39-37-50)49-23-14-9-15-24-49/h5-40,43,55H,2,42H2,1,3-4H3/b7-5-,31-11-,47-20-,58-44-,60-45?. The van der Waals surface area contributed by atoms with Crippen LogP contribution in [0.1, 0.15) is 60.9 Å². The highest BCUT2D eigenvalue weighted by molar-refractivity contribution is 6.02. The number of allylic oxidation sites excluding steroid dienone is 14. The van der Waals surface area contributed by atoms with Crippen LogP contribution in [-0.2, 0) is 0 Å². The second kappa shape index (κ2) is 20.4. The first kappa shape index (κ1) is 40.9. The maximum Gasteiger partial charge on any atom is 0.112 e. The summed E-state index contributed by atoms with van der Waals surface area (Å²) in [5.41, 5.74) is 20.6. The van der Waals surface area contributed by atoms with Crippen molar-refractivity contribution in [3.05, 3.63) is 270 Å². The van der Waals surface area contributed by atoms with Gasteiger partial charge in [-0.1, -0.05) is 231 Å². The van der Waals surface area contributed by atoms with Crippen LogP contribution in [0.5, 0.6) is 0 Å². The van der Waals surface area contributed by atoms with Crippen molar-refractivity contribution < 1.29 is 0 Å². The van der Waals surface area contributed by atoms with Crippen molar-refractivity contribution in [2.45, 2.75) is 33.1 Å². The molecule has 0 radical (unpaired) electrons. The number of hydrogen-bond donors (Lipinski definition) is 0. The van der Waals surface area contributed by atoms with Crippen LogP contribution in [0.2, 0.25) is 0 Å². The van der Waals surface area contributed by atoms with Crippen LogP contribution >= 0.6 is 0 Å². The number of aliphatic imine (C=N–C) groups is 1. The zero-order chi connectivity index (χ0) is 41.5. The Labute approximate surface area is 357 Å². The molecule has 0 heterocycles. The zero-order valence-corrected chi connectivity index (χ0v) is 34.8. The van der Waals surface area contributed by atoms with Crippen LogP contribution in [0.25, 0.3) is 44.7 Å². The highest BCUT2D eigenvalue weighted by atomic mass is 14.8. The average molecular weight is 774 g/mol. The van der Waals surface area contributed by atoms with Crippen molar-refractivity contribution in [2.24, 2.45) is 4.99 Å². The van der Waals surface area contributed by atoms with E-state index in [0.29, 0.717) is 0 Å². The summed E-state index contributed by atoms with van der Waals surface area (Å²) in [4.78, 5) is 5.26. The summed E-state index contributed by atoms with van der Waals surface area (Å²) in [6.07, 6.45) is 22.0. The summed E-state index contributed by atoms with van der Waals surface area (Å²) in [5, 5.41) is 0. The molecule has 60 heavy (non-hydrogen) atoms. The van der Waals surface area contributed by atoms with Crippen LogP contribution in [0.15, 0.2) is 247 Å². The maximum absolute atomic E-state index is 5.26. The fourth-order valence-corrected chi connectivity index (χ4v) is 7.51. The fourth-order valence-electron chi connectivity index (χ4n) is 7.51. The van der Waals surface area contributed by atoms with Gasteiger partial charge in [0.1, 0.15) is 5.70 Å². The van der Waals surface area contributed by atoms with E-state index in [1.54, 1.807) is 0 Å². The van der Waals surface area contributed by atoms with Gasteiger partial charge in [0.25, 0.3) is 0 Å². The molecule has 7 rings (SSSR count). The van der Waals surface area contributed by atoms with E-state index >= 15 is 0 Å². The number of benzene rings is 6. The predicted molar refractivity (Wildman–Crippen MR) is 260 cm³/mol. The van der Waals surface area contributed by atoms with Gasteiger partial charge >= 0.3 is 0 Å². The minimum absolute atomic E-state index is 0.210. The molecule has 0 spiro atoms. The first-order valence-electron chi connectivity index (χ1n) is 20.7. The Hall–Kier alpha value is -7.31. The van der Waals surface area contributed by atoms with Crippen LogP contribution < -0.4 is 0 Å². The first-order valence-corrected chi connectivity index (χ1v) is 20.7. The van der Waals surface area contributed by atoms with Gasteiger partial charge in [-0.3, -0.25) is 0 Å². The first-order chi connectivity index (χ1) is 29.5. The van der Waals surface area contributed by atoms with Crippen LogP contribution in [0.3, 0.4) is 0 Å². The predicted octanol–water partition coefficient (Wildman–Crippen LogP) is 16.0. The molecule has 1 nitrogen and oxygen atoms in total. The molecule has 1 atom stereocenters. The third kappa shape index (κ3) is 10.4. The molecule has 0 saturated carbocycles. The Morgan fingerprint density at radius 3 is 1.83 bits per heavy atom. The Balaban J connectivity index is 1.16. The van der Waals surface area contributed by atoms with Crippen LogP contribution in [0.4, 0.5) is 0 Å². The highest BCUT2D eigenvalue weighted by Crippen LogP contribution is 2.35. The summed E-state index contributed by atoms with van der Waals surface area (Å²) in [5.74, 6) is 0.210. The molecule has 0 saturated heterocycles. The molecule has 292 valence electrons. The van der Waals surface area contributed by atoms with Gasteiger partial charge in [0.2, 0.25) is 0 Å². The van der Waals surface area contributed by atoms with E-state index < -0.39 is 0 Å². The van der Waals surface area contributed by atoms with Crippen molar-refractivity contribution in [3.63, 3.8) is 0 Å². The molecule has 0 amide bonds. The number of nitrogens with zero attached hydrogens (tertiary/aromatic N) is 1. The van der Waals surface area contributed by atoms with Gasteiger partial charge < -0.3 is 0 Å².